The molecule has 0 unspecified atom stereocenters. The summed E-state index contributed by atoms with van der Waals surface area (Å²) in [5, 5.41) is 5.44. The van der Waals surface area contributed by atoms with E-state index in [1.165, 1.54) is 7.11 Å². The highest BCUT2D eigenvalue weighted by Gasteiger charge is 2.21. The first-order valence-corrected chi connectivity index (χ1v) is 7.82. The zero-order valence-electron chi connectivity index (χ0n) is 14.0. The summed E-state index contributed by atoms with van der Waals surface area (Å²) < 4.78 is 10.8. The van der Waals surface area contributed by atoms with Crippen molar-refractivity contribution in [1.82, 2.24) is 4.90 Å². The SMILES string of the molecule is COc1ccccc1NC(=O)Nc1ccc2c(c1)C(=O)N(C)CCO2. The lowest BCUT2D eigenvalue weighted by Crippen LogP contribution is -2.28. The maximum atomic E-state index is 12.4. The quantitative estimate of drug-likeness (QED) is 0.900. The Kier molecular flexibility index (Phi) is 4.74. The van der Waals surface area contributed by atoms with Gasteiger partial charge in [0.25, 0.3) is 5.91 Å². The number of ether oxygens (including phenoxy) is 2. The molecule has 2 aromatic rings. The van der Waals surface area contributed by atoms with Crippen LogP contribution in [0, 0.1) is 0 Å². The molecule has 1 aliphatic rings. The molecule has 3 amide bonds. The summed E-state index contributed by atoms with van der Waals surface area (Å²) in [4.78, 5) is 26.2. The van der Waals surface area contributed by atoms with E-state index in [1.807, 2.05) is 6.07 Å². The fourth-order valence-corrected chi connectivity index (χ4v) is 2.53. The van der Waals surface area contributed by atoms with Gasteiger partial charge in [-0.15, -0.1) is 0 Å². The first kappa shape index (κ1) is 16.6. The lowest BCUT2D eigenvalue weighted by molar-refractivity contribution is 0.0796. The summed E-state index contributed by atoms with van der Waals surface area (Å²) in [7, 11) is 3.25. The number of benzene rings is 2. The number of rotatable bonds is 3. The standard InChI is InChI=1S/C18H19N3O4/c1-21-9-10-25-15-8-7-12(11-13(15)17(21)22)19-18(23)20-14-5-3-4-6-16(14)24-2/h3-8,11H,9-10H2,1-2H3,(H2,19,20,23). The average molecular weight is 341 g/mol. The van der Waals surface area contributed by atoms with Crippen LogP contribution in [0.5, 0.6) is 11.5 Å². The van der Waals surface area contributed by atoms with Gasteiger partial charge >= 0.3 is 6.03 Å². The third-order valence-corrected chi connectivity index (χ3v) is 3.85. The number of nitrogens with one attached hydrogen (secondary N) is 2. The van der Waals surface area contributed by atoms with Crippen LogP contribution in [-0.2, 0) is 0 Å². The van der Waals surface area contributed by atoms with Crippen LogP contribution in [0.1, 0.15) is 10.4 Å². The Morgan fingerprint density at radius 3 is 2.80 bits per heavy atom. The lowest BCUT2D eigenvalue weighted by Gasteiger charge is -2.14. The van der Waals surface area contributed by atoms with Gasteiger partial charge in [0.1, 0.15) is 18.1 Å². The van der Waals surface area contributed by atoms with Crippen molar-refractivity contribution in [3.63, 3.8) is 0 Å². The molecule has 0 saturated heterocycles. The Balaban J connectivity index is 1.76. The summed E-state index contributed by atoms with van der Waals surface area (Å²) in [6.45, 7) is 0.959. The van der Waals surface area contributed by atoms with E-state index >= 15 is 0 Å². The van der Waals surface area contributed by atoms with Gasteiger partial charge in [0.15, 0.2) is 0 Å². The van der Waals surface area contributed by atoms with Crippen LogP contribution in [-0.4, -0.2) is 44.1 Å². The Labute approximate surface area is 145 Å². The van der Waals surface area contributed by atoms with Crippen molar-refractivity contribution in [3.05, 3.63) is 48.0 Å². The number of nitrogens with zero attached hydrogens (tertiary/aromatic N) is 1. The molecule has 0 fully saturated rings. The highest BCUT2D eigenvalue weighted by atomic mass is 16.5. The van der Waals surface area contributed by atoms with Crippen LogP contribution < -0.4 is 20.1 Å². The van der Waals surface area contributed by atoms with Crippen molar-refractivity contribution in [2.75, 3.05) is 37.9 Å². The topological polar surface area (TPSA) is 79.9 Å². The van der Waals surface area contributed by atoms with Gasteiger partial charge in [-0.2, -0.15) is 0 Å². The van der Waals surface area contributed by atoms with E-state index in [1.54, 1.807) is 48.3 Å². The Bertz CT molecular complexity index is 807. The van der Waals surface area contributed by atoms with Gasteiger partial charge in [-0.25, -0.2) is 4.79 Å². The second-order valence-electron chi connectivity index (χ2n) is 5.57. The number of carbonyl (C=O) groups excluding carboxylic acids is 2. The van der Waals surface area contributed by atoms with Crippen molar-refractivity contribution in [3.8, 4) is 11.5 Å². The summed E-state index contributed by atoms with van der Waals surface area (Å²) in [6, 6.07) is 11.7. The van der Waals surface area contributed by atoms with Crippen LogP contribution in [0.3, 0.4) is 0 Å². The van der Waals surface area contributed by atoms with Crippen molar-refractivity contribution in [2.45, 2.75) is 0 Å². The van der Waals surface area contributed by atoms with Crippen molar-refractivity contribution in [2.24, 2.45) is 0 Å². The number of para-hydroxylation sites is 2. The summed E-state index contributed by atoms with van der Waals surface area (Å²) in [5.41, 5.74) is 1.48. The zero-order chi connectivity index (χ0) is 17.8. The highest BCUT2D eigenvalue weighted by molar-refractivity contribution is 6.03. The Hall–Kier alpha value is -3.22. The molecule has 25 heavy (non-hydrogen) atoms. The third kappa shape index (κ3) is 3.65. The van der Waals surface area contributed by atoms with Crippen molar-refractivity contribution in [1.29, 1.82) is 0 Å². The van der Waals surface area contributed by atoms with E-state index in [9.17, 15) is 9.59 Å². The van der Waals surface area contributed by atoms with Gasteiger partial charge in [-0.1, -0.05) is 12.1 Å². The average Bonchev–Trinajstić information content (AvgIpc) is 2.75. The molecule has 0 spiro atoms. The van der Waals surface area contributed by atoms with E-state index in [4.69, 9.17) is 9.47 Å². The monoisotopic (exact) mass is 341 g/mol. The smallest absolute Gasteiger partial charge is 0.323 e. The fourth-order valence-electron chi connectivity index (χ4n) is 2.53. The molecule has 0 aliphatic carbocycles. The van der Waals surface area contributed by atoms with E-state index in [0.29, 0.717) is 41.6 Å². The molecule has 2 aromatic carbocycles. The molecule has 130 valence electrons. The first-order chi connectivity index (χ1) is 12.1. The predicted octanol–water partition coefficient (Wildman–Crippen LogP) is 2.80. The number of urea groups is 1. The van der Waals surface area contributed by atoms with Crippen LogP contribution in [0.15, 0.2) is 42.5 Å². The van der Waals surface area contributed by atoms with E-state index in [-0.39, 0.29) is 5.91 Å². The van der Waals surface area contributed by atoms with Gasteiger partial charge in [-0.3, -0.25) is 4.79 Å². The number of likely N-dealkylation sites (N-methyl/N-ethyl adjacent to an activating group) is 1. The number of carbonyl (C=O) groups is 2. The van der Waals surface area contributed by atoms with Gasteiger partial charge in [0.2, 0.25) is 0 Å². The minimum absolute atomic E-state index is 0.138. The summed E-state index contributed by atoms with van der Waals surface area (Å²) in [6.07, 6.45) is 0. The molecular weight excluding hydrogens is 322 g/mol. The van der Waals surface area contributed by atoms with E-state index < -0.39 is 6.03 Å². The minimum Gasteiger partial charge on any atom is -0.495 e. The molecule has 0 saturated carbocycles. The number of fused-ring (bicyclic) bond motifs is 1. The molecule has 0 radical (unpaired) electrons. The second kappa shape index (κ2) is 7.12. The molecule has 1 aliphatic heterocycles. The zero-order valence-corrected chi connectivity index (χ0v) is 14.0. The molecule has 7 heteroatoms. The molecule has 0 bridgehead atoms. The number of anilines is 2. The molecule has 0 atom stereocenters. The van der Waals surface area contributed by atoms with Gasteiger partial charge in [-0.05, 0) is 30.3 Å². The summed E-state index contributed by atoms with van der Waals surface area (Å²) >= 11 is 0. The molecule has 1 heterocycles. The van der Waals surface area contributed by atoms with Crippen LogP contribution in [0.25, 0.3) is 0 Å². The molecule has 7 nitrogen and oxygen atoms in total. The maximum Gasteiger partial charge on any atom is 0.323 e. The molecule has 2 N–H and O–H groups in total. The largest absolute Gasteiger partial charge is 0.495 e. The first-order valence-electron chi connectivity index (χ1n) is 7.82. The van der Waals surface area contributed by atoms with Gasteiger partial charge in [0, 0.05) is 12.7 Å². The van der Waals surface area contributed by atoms with Crippen molar-refractivity contribution < 1.29 is 19.1 Å². The second-order valence-corrected chi connectivity index (χ2v) is 5.57. The molecule has 0 aromatic heterocycles. The number of amides is 3. The minimum atomic E-state index is -0.431. The van der Waals surface area contributed by atoms with Gasteiger partial charge in [0.05, 0.1) is 24.9 Å². The Morgan fingerprint density at radius 2 is 2.00 bits per heavy atom. The number of methoxy groups -OCH3 is 1. The third-order valence-electron chi connectivity index (χ3n) is 3.85. The lowest BCUT2D eigenvalue weighted by atomic mass is 10.1. The van der Waals surface area contributed by atoms with Gasteiger partial charge < -0.3 is 25.0 Å². The Morgan fingerprint density at radius 1 is 1.20 bits per heavy atom. The van der Waals surface area contributed by atoms with Crippen molar-refractivity contribution >= 4 is 23.3 Å². The fraction of sp³-hybridized carbons (Fsp3) is 0.222. The molecular formula is C18H19N3O4. The highest BCUT2D eigenvalue weighted by Crippen LogP contribution is 2.27. The van der Waals surface area contributed by atoms with Crippen LogP contribution in [0.2, 0.25) is 0 Å². The molecule has 3 rings (SSSR count). The van der Waals surface area contributed by atoms with Crippen LogP contribution in [0.4, 0.5) is 16.2 Å². The summed E-state index contributed by atoms with van der Waals surface area (Å²) in [5.74, 6) is 0.941. The van der Waals surface area contributed by atoms with Crippen LogP contribution >= 0.6 is 0 Å². The van der Waals surface area contributed by atoms with E-state index in [2.05, 4.69) is 10.6 Å². The van der Waals surface area contributed by atoms with E-state index in [0.717, 1.165) is 0 Å². The maximum absolute atomic E-state index is 12.4. The number of hydrogen-bond acceptors (Lipinski definition) is 4. The predicted molar refractivity (Wildman–Crippen MR) is 94.5 cm³/mol. The number of hydrogen-bond donors (Lipinski definition) is 2. The normalized spacial score (nSPS) is 13.4.